The van der Waals surface area contributed by atoms with Gasteiger partial charge >= 0.3 is 0 Å². The largest absolute Gasteiger partial charge is 0.492 e. The highest BCUT2D eigenvalue weighted by Crippen LogP contribution is 2.21. The van der Waals surface area contributed by atoms with E-state index in [1.165, 1.54) is 0 Å². The molecular formula is C12H18BrNO2. The van der Waals surface area contributed by atoms with Crippen molar-refractivity contribution >= 4 is 15.9 Å². The summed E-state index contributed by atoms with van der Waals surface area (Å²) in [5, 5.41) is 3.23. The molecule has 3 nitrogen and oxygen atoms in total. The fourth-order valence-corrected chi connectivity index (χ4v) is 1.78. The molecule has 0 amide bonds. The summed E-state index contributed by atoms with van der Waals surface area (Å²) in [6, 6.07) is 6.02. The second-order valence-corrected chi connectivity index (χ2v) is 4.42. The molecule has 0 heterocycles. The van der Waals surface area contributed by atoms with Crippen molar-refractivity contribution in [2.45, 2.75) is 6.92 Å². The second kappa shape index (κ2) is 7.65. The molecule has 16 heavy (non-hydrogen) atoms. The molecule has 0 aliphatic heterocycles. The molecule has 0 fully saturated rings. The molecule has 4 heteroatoms. The summed E-state index contributed by atoms with van der Waals surface area (Å²) in [5.41, 5.74) is 1.14. The van der Waals surface area contributed by atoms with E-state index in [0.717, 1.165) is 35.5 Å². The van der Waals surface area contributed by atoms with Crippen molar-refractivity contribution < 1.29 is 9.47 Å². The van der Waals surface area contributed by atoms with Gasteiger partial charge in [-0.1, -0.05) is 15.9 Å². The van der Waals surface area contributed by atoms with Gasteiger partial charge in [-0.25, -0.2) is 0 Å². The molecule has 0 atom stereocenters. The number of nitrogens with one attached hydrogen (secondary N) is 1. The van der Waals surface area contributed by atoms with Crippen molar-refractivity contribution in [2.75, 3.05) is 33.4 Å². The van der Waals surface area contributed by atoms with Crippen LogP contribution in [-0.4, -0.2) is 33.4 Å². The first-order valence-electron chi connectivity index (χ1n) is 5.32. The summed E-state index contributed by atoms with van der Waals surface area (Å²) in [6.45, 7) is 5.14. The van der Waals surface area contributed by atoms with Crippen LogP contribution in [0.4, 0.5) is 0 Å². The lowest BCUT2D eigenvalue weighted by Gasteiger charge is -2.09. The zero-order chi connectivity index (χ0) is 11.8. The van der Waals surface area contributed by atoms with Gasteiger partial charge in [-0.15, -0.1) is 0 Å². The van der Waals surface area contributed by atoms with Gasteiger partial charge < -0.3 is 14.8 Å². The number of benzene rings is 1. The normalized spacial score (nSPS) is 10.4. The van der Waals surface area contributed by atoms with Crippen LogP contribution in [0.5, 0.6) is 5.75 Å². The van der Waals surface area contributed by atoms with E-state index < -0.39 is 0 Å². The molecule has 0 spiro atoms. The Kier molecular flexibility index (Phi) is 6.45. The molecule has 0 bridgehead atoms. The highest BCUT2D eigenvalue weighted by atomic mass is 79.9. The quantitative estimate of drug-likeness (QED) is 0.781. The van der Waals surface area contributed by atoms with E-state index in [1.54, 1.807) is 7.11 Å². The van der Waals surface area contributed by atoms with E-state index in [-0.39, 0.29) is 0 Å². The van der Waals surface area contributed by atoms with Crippen molar-refractivity contribution in [1.82, 2.24) is 5.32 Å². The van der Waals surface area contributed by atoms with Crippen LogP contribution in [0.15, 0.2) is 22.7 Å². The van der Waals surface area contributed by atoms with E-state index in [4.69, 9.17) is 9.47 Å². The van der Waals surface area contributed by atoms with Crippen LogP contribution in [-0.2, 0) is 4.74 Å². The Bertz CT molecular complexity index is 318. The topological polar surface area (TPSA) is 30.5 Å². The number of hydrogen-bond donors (Lipinski definition) is 1. The number of halogens is 1. The Morgan fingerprint density at radius 1 is 1.25 bits per heavy atom. The van der Waals surface area contributed by atoms with Crippen LogP contribution in [0, 0.1) is 6.92 Å². The molecule has 0 aliphatic rings. The molecule has 1 rings (SSSR count). The molecular weight excluding hydrogens is 270 g/mol. The fourth-order valence-electron chi connectivity index (χ4n) is 1.31. The number of ether oxygens (including phenoxy) is 2. The minimum atomic E-state index is 0.673. The third-order valence-corrected chi connectivity index (χ3v) is 2.65. The molecule has 0 aromatic heterocycles. The summed E-state index contributed by atoms with van der Waals surface area (Å²) in [7, 11) is 1.70. The molecule has 0 saturated carbocycles. The lowest BCUT2D eigenvalue weighted by atomic mass is 10.2. The van der Waals surface area contributed by atoms with Gasteiger partial charge in [0.15, 0.2) is 0 Å². The zero-order valence-electron chi connectivity index (χ0n) is 9.75. The predicted molar refractivity (Wildman–Crippen MR) is 69.1 cm³/mol. The van der Waals surface area contributed by atoms with Gasteiger partial charge in [0.05, 0.1) is 6.61 Å². The first kappa shape index (κ1) is 13.5. The summed E-state index contributed by atoms with van der Waals surface area (Å²) in [4.78, 5) is 0. The maximum absolute atomic E-state index is 5.65. The van der Waals surface area contributed by atoms with Gasteiger partial charge in [0, 0.05) is 24.7 Å². The Hall–Kier alpha value is -0.580. The Labute approximate surface area is 105 Å². The Morgan fingerprint density at radius 3 is 2.69 bits per heavy atom. The van der Waals surface area contributed by atoms with Gasteiger partial charge in [0.25, 0.3) is 0 Å². The smallest absolute Gasteiger partial charge is 0.122 e. The van der Waals surface area contributed by atoms with Crippen molar-refractivity contribution in [1.29, 1.82) is 0 Å². The zero-order valence-corrected chi connectivity index (χ0v) is 11.3. The van der Waals surface area contributed by atoms with Gasteiger partial charge in [0.2, 0.25) is 0 Å². The predicted octanol–water partition coefficient (Wildman–Crippen LogP) is 2.37. The number of hydrogen-bond acceptors (Lipinski definition) is 3. The third kappa shape index (κ3) is 4.96. The average molecular weight is 288 g/mol. The maximum Gasteiger partial charge on any atom is 0.122 e. The van der Waals surface area contributed by atoms with Crippen molar-refractivity contribution in [3.63, 3.8) is 0 Å². The van der Waals surface area contributed by atoms with Gasteiger partial charge in [-0.05, 0) is 30.7 Å². The summed E-state index contributed by atoms with van der Waals surface area (Å²) < 4.78 is 11.7. The monoisotopic (exact) mass is 287 g/mol. The van der Waals surface area contributed by atoms with Crippen molar-refractivity contribution in [2.24, 2.45) is 0 Å². The Morgan fingerprint density at radius 2 is 2.00 bits per heavy atom. The molecule has 0 unspecified atom stereocenters. The second-order valence-electron chi connectivity index (χ2n) is 3.50. The number of aryl methyl sites for hydroxylation is 1. The molecule has 0 saturated heterocycles. The van der Waals surface area contributed by atoms with E-state index in [9.17, 15) is 0 Å². The summed E-state index contributed by atoms with van der Waals surface area (Å²) >= 11 is 3.42. The highest BCUT2D eigenvalue weighted by molar-refractivity contribution is 9.10. The number of methoxy groups -OCH3 is 1. The van der Waals surface area contributed by atoms with Crippen LogP contribution in [0.2, 0.25) is 0 Å². The lowest BCUT2D eigenvalue weighted by Crippen LogP contribution is -2.24. The Balaban J connectivity index is 2.21. The van der Waals surface area contributed by atoms with E-state index >= 15 is 0 Å². The summed E-state index contributed by atoms with van der Waals surface area (Å²) in [5.74, 6) is 0.941. The lowest BCUT2D eigenvalue weighted by molar-refractivity contribution is 0.196. The fraction of sp³-hybridized carbons (Fsp3) is 0.500. The van der Waals surface area contributed by atoms with Crippen LogP contribution >= 0.6 is 15.9 Å². The average Bonchev–Trinajstić information content (AvgIpc) is 2.26. The van der Waals surface area contributed by atoms with E-state index in [1.807, 2.05) is 25.1 Å². The molecule has 0 radical (unpaired) electrons. The van der Waals surface area contributed by atoms with Gasteiger partial charge in [-0.2, -0.15) is 0 Å². The third-order valence-electron chi connectivity index (χ3n) is 2.16. The van der Waals surface area contributed by atoms with Crippen molar-refractivity contribution in [3.05, 3.63) is 28.2 Å². The highest BCUT2D eigenvalue weighted by Gasteiger charge is 1.99. The molecule has 1 N–H and O–H groups in total. The SMILES string of the molecule is COCCNCCOc1ccc(Br)cc1C. The van der Waals surface area contributed by atoms with E-state index in [2.05, 4.69) is 21.2 Å². The first-order valence-corrected chi connectivity index (χ1v) is 6.12. The van der Waals surface area contributed by atoms with E-state index in [0.29, 0.717) is 6.61 Å². The van der Waals surface area contributed by atoms with Crippen LogP contribution in [0.25, 0.3) is 0 Å². The molecule has 0 aliphatic carbocycles. The number of rotatable bonds is 7. The first-order chi connectivity index (χ1) is 7.74. The standard InChI is InChI=1S/C12H18BrNO2/c1-10-9-11(13)3-4-12(10)16-8-6-14-5-7-15-2/h3-4,9,14H,5-8H2,1-2H3. The summed E-state index contributed by atoms with van der Waals surface area (Å²) in [6.07, 6.45) is 0. The van der Waals surface area contributed by atoms with Crippen LogP contribution < -0.4 is 10.1 Å². The van der Waals surface area contributed by atoms with Crippen LogP contribution in [0.1, 0.15) is 5.56 Å². The molecule has 1 aromatic rings. The van der Waals surface area contributed by atoms with Crippen LogP contribution in [0.3, 0.4) is 0 Å². The van der Waals surface area contributed by atoms with Gasteiger partial charge in [-0.3, -0.25) is 0 Å². The van der Waals surface area contributed by atoms with Crippen molar-refractivity contribution in [3.8, 4) is 5.75 Å². The minimum Gasteiger partial charge on any atom is -0.492 e. The minimum absolute atomic E-state index is 0.673. The maximum atomic E-state index is 5.65. The molecule has 90 valence electrons. The van der Waals surface area contributed by atoms with Gasteiger partial charge in [0.1, 0.15) is 12.4 Å². The molecule has 1 aromatic carbocycles.